The number of carboxylic acids is 1. The molecule has 14 heavy (non-hydrogen) atoms. The van der Waals surface area contributed by atoms with Crippen LogP contribution in [-0.4, -0.2) is 11.1 Å². The molecule has 0 radical (unpaired) electrons. The Labute approximate surface area is 96.1 Å². The first kappa shape index (κ1) is 11.1. The Morgan fingerprint density at radius 2 is 2.21 bits per heavy atom. The first-order valence-electron chi connectivity index (χ1n) is 3.73. The fraction of sp³-hybridized carbons (Fsp3) is 0. The van der Waals surface area contributed by atoms with Crippen molar-refractivity contribution in [1.82, 2.24) is 4.72 Å². The Morgan fingerprint density at radius 1 is 1.43 bits per heavy atom. The summed E-state index contributed by atoms with van der Waals surface area (Å²) in [6, 6.07) is 5.08. The van der Waals surface area contributed by atoms with E-state index in [0.717, 1.165) is 10.5 Å². The van der Waals surface area contributed by atoms with E-state index in [1.807, 2.05) is 6.08 Å². The average molecular weight is 274 g/mol. The van der Waals surface area contributed by atoms with Crippen molar-refractivity contribution in [1.29, 1.82) is 0 Å². The molecule has 1 aromatic rings. The fourth-order valence-corrected chi connectivity index (χ4v) is 1.77. The van der Waals surface area contributed by atoms with Crippen LogP contribution in [0.2, 0.25) is 0 Å². The molecule has 2 N–H and O–H groups in total. The summed E-state index contributed by atoms with van der Waals surface area (Å²) in [6.45, 7) is 0. The Balaban J connectivity index is 0.000000980. The molecule has 1 aliphatic heterocycles. The molecule has 0 saturated heterocycles. The lowest BCUT2D eigenvalue weighted by Crippen LogP contribution is -2.01. The van der Waals surface area contributed by atoms with Gasteiger partial charge in [0.25, 0.3) is 0 Å². The number of fused-ring (bicyclic) bond motifs is 1. The number of rotatable bonds is 1. The Morgan fingerprint density at radius 3 is 2.93 bits per heavy atom. The normalized spacial score (nSPS) is 12.3. The van der Waals surface area contributed by atoms with Crippen LogP contribution in [0.1, 0.15) is 15.9 Å². The molecule has 3 nitrogen and oxygen atoms in total. The van der Waals surface area contributed by atoms with Crippen LogP contribution in [0.5, 0.6) is 0 Å². The van der Waals surface area contributed by atoms with Crippen molar-refractivity contribution in [3.63, 3.8) is 0 Å². The molecule has 0 amide bonds. The van der Waals surface area contributed by atoms with Gasteiger partial charge in [-0.1, -0.05) is 0 Å². The molecule has 0 fully saturated rings. The minimum absolute atomic E-state index is 0. The quantitative estimate of drug-likeness (QED) is 0.773. The maximum Gasteiger partial charge on any atom is 0.335 e. The van der Waals surface area contributed by atoms with Gasteiger partial charge in [-0.2, -0.15) is 0 Å². The van der Waals surface area contributed by atoms with E-state index in [2.05, 4.69) is 4.72 Å². The maximum atomic E-state index is 10.6. The van der Waals surface area contributed by atoms with Gasteiger partial charge in [0, 0.05) is 11.1 Å². The minimum Gasteiger partial charge on any atom is -0.478 e. The molecule has 5 heteroatoms. The Kier molecular flexibility index (Phi) is 3.60. The highest BCUT2D eigenvalue weighted by Gasteiger charge is 2.08. The SMILES string of the molecule is Br.O=C(O)c1ccc2c(c1)C=CNS2. The van der Waals surface area contributed by atoms with Crippen LogP contribution < -0.4 is 4.72 Å². The molecule has 1 aliphatic rings. The van der Waals surface area contributed by atoms with Crippen LogP contribution >= 0.6 is 28.9 Å². The van der Waals surface area contributed by atoms with Crippen molar-refractivity contribution in [2.75, 3.05) is 0 Å². The molecule has 1 aromatic carbocycles. The molecular formula is C9H8BrNO2S. The van der Waals surface area contributed by atoms with Crippen molar-refractivity contribution in [3.05, 3.63) is 35.5 Å². The molecule has 74 valence electrons. The van der Waals surface area contributed by atoms with Crippen LogP contribution in [0, 0.1) is 0 Å². The van der Waals surface area contributed by atoms with Gasteiger partial charge in [-0.05, 0) is 41.8 Å². The smallest absolute Gasteiger partial charge is 0.335 e. The summed E-state index contributed by atoms with van der Waals surface area (Å²) in [6.07, 6.45) is 3.65. The lowest BCUT2D eigenvalue weighted by atomic mass is 10.1. The molecule has 0 spiro atoms. The summed E-state index contributed by atoms with van der Waals surface area (Å²) in [5.74, 6) is -0.889. The standard InChI is InChI=1S/C9H7NO2S.BrH/c11-9(12)7-1-2-8-6(5-7)3-4-10-13-8;/h1-5,10H,(H,11,12);1H. The van der Waals surface area contributed by atoms with E-state index in [1.54, 1.807) is 24.4 Å². The summed E-state index contributed by atoms with van der Waals surface area (Å²) < 4.78 is 2.98. The van der Waals surface area contributed by atoms with Crippen LogP contribution in [0.25, 0.3) is 6.08 Å². The van der Waals surface area contributed by atoms with Crippen molar-refractivity contribution >= 4 is 41.0 Å². The predicted molar refractivity (Wildman–Crippen MR) is 61.8 cm³/mol. The molecule has 0 saturated carbocycles. The van der Waals surface area contributed by atoms with E-state index in [1.165, 1.54) is 11.9 Å². The van der Waals surface area contributed by atoms with Gasteiger partial charge >= 0.3 is 5.97 Å². The highest BCUT2D eigenvalue weighted by Crippen LogP contribution is 2.25. The number of hydrogen-bond donors (Lipinski definition) is 2. The van der Waals surface area contributed by atoms with Crippen LogP contribution in [0.15, 0.2) is 29.3 Å². The van der Waals surface area contributed by atoms with Crippen molar-refractivity contribution < 1.29 is 9.90 Å². The molecule has 0 bridgehead atoms. The first-order valence-corrected chi connectivity index (χ1v) is 4.55. The van der Waals surface area contributed by atoms with Gasteiger partial charge < -0.3 is 9.83 Å². The number of halogens is 1. The molecule has 2 rings (SSSR count). The number of aromatic carboxylic acids is 1. The highest BCUT2D eigenvalue weighted by molar-refractivity contribution is 8.93. The topological polar surface area (TPSA) is 49.3 Å². The van der Waals surface area contributed by atoms with E-state index in [0.29, 0.717) is 5.56 Å². The monoisotopic (exact) mass is 273 g/mol. The number of hydrogen-bond acceptors (Lipinski definition) is 3. The van der Waals surface area contributed by atoms with Gasteiger partial charge in [-0.25, -0.2) is 4.79 Å². The van der Waals surface area contributed by atoms with Gasteiger partial charge in [0.15, 0.2) is 0 Å². The van der Waals surface area contributed by atoms with E-state index in [9.17, 15) is 4.79 Å². The van der Waals surface area contributed by atoms with E-state index in [-0.39, 0.29) is 17.0 Å². The lowest BCUT2D eigenvalue weighted by molar-refractivity contribution is 0.0697. The third-order valence-corrected chi connectivity index (χ3v) is 2.60. The summed E-state index contributed by atoms with van der Waals surface area (Å²) >= 11 is 1.48. The second-order valence-corrected chi connectivity index (χ2v) is 3.49. The second-order valence-electron chi connectivity index (χ2n) is 2.61. The van der Waals surface area contributed by atoms with Crippen LogP contribution in [-0.2, 0) is 0 Å². The zero-order valence-electron chi connectivity index (χ0n) is 7.06. The summed E-state index contributed by atoms with van der Waals surface area (Å²) in [5, 5.41) is 8.74. The molecule has 1 heterocycles. The van der Waals surface area contributed by atoms with Crippen LogP contribution in [0.3, 0.4) is 0 Å². The first-order chi connectivity index (χ1) is 6.27. The third-order valence-electron chi connectivity index (χ3n) is 1.76. The number of nitrogens with one attached hydrogen (secondary N) is 1. The zero-order chi connectivity index (χ0) is 9.26. The minimum atomic E-state index is -0.889. The Bertz CT molecular complexity index is 392. The van der Waals surface area contributed by atoms with Crippen molar-refractivity contribution in [3.8, 4) is 0 Å². The van der Waals surface area contributed by atoms with Crippen molar-refractivity contribution in [2.24, 2.45) is 0 Å². The number of carbonyl (C=O) groups is 1. The molecule has 0 unspecified atom stereocenters. The van der Waals surface area contributed by atoms with Gasteiger partial charge in [-0.3, -0.25) is 0 Å². The van der Waals surface area contributed by atoms with Crippen LogP contribution in [0.4, 0.5) is 0 Å². The van der Waals surface area contributed by atoms with E-state index < -0.39 is 5.97 Å². The molecule has 0 atom stereocenters. The van der Waals surface area contributed by atoms with Gasteiger partial charge in [-0.15, -0.1) is 17.0 Å². The number of carboxylic acid groups (broad SMARTS) is 1. The predicted octanol–water partition coefficient (Wildman–Crippen LogP) is 2.54. The number of benzene rings is 1. The largest absolute Gasteiger partial charge is 0.478 e. The third kappa shape index (κ3) is 2.10. The van der Waals surface area contributed by atoms with Gasteiger partial charge in [0.1, 0.15) is 0 Å². The summed E-state index contributed by atoms with van der Waals surface area (Å²) in [7, 11) is 0. The summed E-state index contributed by atoms with van der Waals surface area (Å²) in [5.41, 5.74) is 1.27. The van der Waals surface area contributed by atoms with E-state index in [4.69, 9.17) is 5.11 Å². The molecular weight excluding hydrogens is 266 g/mol. The fourth-order valence-electron chi connectivity index (χ4n) is 1.13. The zero-order valence-corrected chi connectivity index (χ0v) is 9.59. The molecule has 0 aliphatic carbocycles. The average Bonchev–Trinajstić information content (AvgIpc) is 2.17. The van der Waals surface area contributed by atoms with Crippen molar-refractivity contribution in [2.45, 2.75) is 4.90 Å². The molecule has 0 aromatic heterocycles. The Hall–Kier alpha value is -0.940. The van der Waals surface area contributed by atoms with Gasteiger partial charge in [0.2, 0.25) is 0 Å². The van der Waals surface area contributed by atoms with E-state index >= 15 is 0 Å². The summed E-state index contributed by atoms with van der Waals surface area (Å²) in [4.78, 5) is 11.7. The highest BCUT2D eigenvalue weighted by atomic mass is 79.9. The lowest BCUT2D eigenvalue weighted by Gasteiger charge is -2.10. The maximum absolute atomic E-state index is 10.6. The van der Waals surface area contributed by atoms with Gasteiger partial charge in [0.05, 0.1) is 5.56 Å². The second kappa shape index (κ2) is 4.52.